The van der Waals surface area contributed by atoms with Crippen molar-refractivity contribution in [1.29, 1.82) is 0 Å². The fourth-order valence-electron chi connectivity index (χ4n) is 1.79. The molecule has 21 heavy (non-hydrogen) atoms. The molecular formula is C16H26N2O3. The zero-order chi connectivity index (χ0) is 15.9. The van der Waals surface area contributed by atoms with Crippen molar-refractivity contribution in [2.24, 2.45) is 0 Å². The van der Waals surface area contributed by atoms with E-state index in [4.69, 9.17) is 9.47 Å². The van der Waals surface area contributed by atoms with Crippen LogP contribution in [0.15, 0.2) is 18.2 Å². The van der Waals surface area contributed by atoms with Crippen LogP contribution < -0.4 is 20.1 Å². The minimum absolute atomic E-state index is 0.00500. The smallest absolute Gasteiger partial charge is 0.233 e. The number of nitrogens with one attached hydrogen (secondary N) is 2. The first-order chi connectivity index (χ1) is 9.85. The summed E-state index contributed by atoms with van der Waals surface area (Å²) in [7, 11) is 3.22. The molecule has 0 aromatic heterocycles. The fraction of sp³-hybridized carbons (Fsp3) is 0.562. The Morgan fingerprint density at radius 3 is 2.38 bits per heavy atom. The monoisotopic (exact) mass is 294 g/mol. The summed E-state index contributed by atoms with van der Waals surface area (Å²) >= 11 is 0. The van der Waals surface area contributed by atoms with Gasteiger partial charge >= 0.3 is 0 Å². The zero-order valence-electron chi connectivity index (χ0n) is 13.6. The van der Waals surface area contributed by atoms with Crippen molar-refractivity contribution < 1.29 is 14.3 Å². The van der Waals surface area contributed by atoms with E-state index in [0.29, 0.717) is 24.6 Å². The van der Waals surface area contributed by atoms with Gasteiger partial charge in [0.05, 0.1) is 20.8 Å². The van der Waals surface area contributed by atoms with E-state index in [0.717, 1.165) is 12.0 Å². The maximum Gasteiger partial charge on any atom is 0.233 e. The van der Waals surface area contributed by atoms with Crippen LogP contribution in [0.5, 0.6) is 11.5 Å². The van der Waals surface area contributed by atoms with Crippen molar-refractivity contribution in [2.75, 3.05) is 27.3 Å². The van der Waals surface area contributed by atoms with E-state index in [9.17, 15) is 4.79 Å². The number of carbonyl (C=O) groups is 1. The summed E-state index contributed by atoms with van der Waals surface area (Å²) in [4.78, 5) is 11.7. The van der Waals surface area contributed by atoms with Crippen molar-refractivity contribution in [2.45, 2.75) is 32.7 Å². The largest absolute Gasteiger partial charge is 0.493 e. The molecule has 0 fully saturated rings. The van der Waals surface area contributed by atoms with Crippen LogP contribution in [0.25, 0.3) is 0 Å². The third-order valence-corrected chi connectivity index (χ3v) is 2.96. The summed E-state index contributed by atoms with van der Waals surface area (Å²) in [6, 6.07) is 5.77. The van der Waals surface area contributed by atoms with Crippen LogP contribution in [0, 0.1) is 0 Å². The van der Waals surface area contributed by atoms with Gasteiger partial charge in [-0.3, -0.25) is 4.79 Å². The fourth-order valence-corrected chi connectivity index (χ4v) is 1.79. The number of carbonyl (C=O) groups excluding carboxylic acids is 1. The second-order valence-corrected chi connectivity index (χ2v) is 5.89. The highest BCUT2D eigenvalue weighted by Gasteiger charge is 2.11. The molecule has 0 bridgehead atoms. The van der Waals surface area contributed by atoms with Gasteiger partial charge in [0.1, 0.15) is 0 Å². The number of hydrogen-bond acceptors (Lipinski definition) is 4. The van der Waals surface area contributed by atoms with Crippen molar-refractivity contribution in [3.8, 4) is 11.5 Å². The molecule has 0 saturated carbocycles. The molecule has 1 aromatic rings. The van der Waals surface area contributed by atoms with Gasteiger partial charge in [0.2, 0.25) is 5.91 Å². The van der Waals surface area contributed by atoms with Crippen LogP contribution >= 0.6 is 0 Å². The Morgan fingerprint density at radius 2 is 1.81 bits per heavy atom. The molecule has 118 valence electrons. The Kier molecular flexibility index (Phi) is 6.49. The van der Waals surface area contributed by atoms with Crippen LogP contribution in [0.2, 0.25) is 0 Å². The Bertz CT molecular complexity index is 467. The first-order valence-electron chi connectivity index (χ1n) is 7.08. The summed E-state index contributed by atoms with van der Waals surface area (Å²) in [5.41, 5.74) is 1.04. The molecule has 0 atom stereocenters. The van der Waals surface area contributed by atoms with Gasteiger partial charge in [-0.1, -0.05) is 6.07 Å². The molecule has 2 N–H and O–H groups in total. The van der Waals surface area contributed by atoms with Gasteiger partial charge in [0, 0.05) is 12.1 Å². The van der Waals surface area contributed by atoms with Crippen molar-refractivity contribution >= 4 is 5.91 Å². The summed E-state index contributed by atoms with van der Waals surface area (Å²) in [6.07, 6.45) is 0.752. The topological polar surface area (TPSA) is 59.6 Å². The van der Waals surface area contributed by atoms with Crippen LogP contribution in [-0.2, 0) is 11.2 Å². The van der Waals surface area contributed by atoms with E-state index in [1.165, 1.54) is 0 Å². The first kappa shape index (κ1) is 17.3. The quantitative estimate of drug-likeness (QED) is 0.804. The lowest BCUT2D eigenvalue weighted by Crippen LogP contribution is -2.43. The van der Waals surface area contributed by atoms with Gasteiger partial charge in [-0.05, 0) is 44.9 Å². The molecule has 0 aliphatic carbocycles. The third-order valence-electron chi connectivity index (χ3n) is 2.96. The van der Waals surface area contributed by atoms with Gasteiger partial charge < -0.3 is 20.1 Å². The maximum absolute atomic E-state index is 11.7. The second kappa shape index (κ2) is 7.88. The highest BCUT2D eigenvalue weighted by atomic mass is 16.5. The van der Waals surface area contributed by atoms with Crippen LogP contribution in [0.3, 0.4) is 0 Å². The van der Waals surface area contributed by atoms with Crippen molar-refractivity contribution in [3.63, 3.8) is 0 Å². The van der Waals surface area contributed by atoms with E-state index in [1.54, 1.807) is 14.2 Å². The molecule has 0 aliphatic rings. The molecule has 0 saturated heterocycles. The maximum atomic E-state index is 11.7. The Morgan fingerprint density at radius 1 is 1.14 bits per heavy atom. The van der Waals surface area contributed by atoms with Crippen LogP contribution in [-0.4, -0.2) is 38.8 Å². The third kappa shape index (κ3) is 6.49. The molecule has 1 amide bonds. The molecule has 1 aromatic carbocycles. The second-order valence-electron chi connectivity index (χ2n) is 5.89. The highest BCUT2D eigenvalue weighted by molar-refractivity contribution is 5.78. The van der Waals surface area contributed by atoms with E-state index in [2.05, 4.69) is 10.6 Å². The van der Waals surface area contributed by atoms with E-state index >= 15 is 0 Å². The molecule has 0 heterocycles. The van der Waals surface area contributed by atoms with E-state index in [1.807, 2.05) is 39.0 Å². The molecule has 5 heteroatoms. The lowest BCUT2D eigenvalue weighted by molar-refractivity contribution is -0.120. The number of ether oxygens (including phenoxy) is 2. The minimum atomic E-state index is -0.0549. The SMILES string of the molecule is COc1ccc(CCNC(=O)CNC(C)(C)C)cc1OC. The van der Waals surface area contributed by atoms with Crippen molar-refractivity contribution in [1.82, 2.24) is 10.6 Å². The molecule has 5 nitrogen and oxygen atoms in total. The molecular weight excluding hydrogens is 268 g/mol. The van der Waals surface area contributed by atoms with Gasteiger partial charge in [0.15, 0.2) is 11.5 Å². The lowest BCUT2D eigenvalue weighted by Gasteiger charge is -2.20. The zero-order valence-corrected chi connectivity index (χ0v) is 13.6. The van der Waals surface area contributed by atoms with Gasteiger partial charge in [-0.25, -0.2) is 0 Å². The Labute approximate surface area is 127 Å². The van der Waals surface area contributed by atoms with E-state index in [-0.39, 0.29) is 11.4 Å². The van der Waals surface area contributed by atoms with Crippen LogP contribution in [0.4, 0.5) is 0 Å². The number of benzene rings is 1. The standard InChI is InChI=1S/C16H26N2O3/c1-16(2,3)18-11-15(19)17-9-8-12-6-7-13(20-4)14(10-12)21-5/h6-7,10,18H,8-9,11H2,1-5H3,(H,17,19). The molecule has 0 spiro atoms. The summed E-state index contributed by atoms with van der Waals surface area (Å²) in [5, 5.41) is 6.05. The molecule has 0 radical (unpaired) electrons. The van der Waals surface area contributed by atoms with Gasteiger partial charge in [0.25, 0.3) is 0 Å². The first-order valence-corrected chi connectivity index (χ1v) is 7.08. The Hall–Kier alpha value is -1.75. The molecule has 1 rings (SSSR count). The Balaban J connectivity index is 2.40. The number of hydrogen-bond donors (Lipinski definition) is 2. The number of methoxy groups -OCH3 is 2. The normalized spacial score (nSPS) is 11.1. The van der Waals surface area contributed by atoms with Gasteiger partial charge in [-0.15, -0.1) is 0 Å². The van der Waals surface area contributed by atoms with Crippen LogP contribution in [0.1, 0.15) is 26.3 Å². The summed E-state index contributed by atoms with van der Waals surface area (Å²) in [5.74, 6) is 1.42. The average Bonchev–Trinajstić information content (AvgIpc) is 2.44. The van der Waals surface area contributed by atoms with Crippen molar-refractivity contribution in [3.05, 3.63) is 23.8 Å². The summed E-state index contributed by atoms with van der Waals surface area (Å²) in [6.45, 7) is 7.02. The van der Waals surface area contributed by atoms with E-state index < -0.39 is 0 Å². The highest BCUT2D eigenvalue weighted by Crippen LogP contribution is 2.27. The van der Waals surface area contributed by atoms with Gasteiger partial charge in [-0.2, -0.15) is 0 Å². The number of rotatable bonds is 7. The molecule has 0 aliphatic heterocycles. The average molecular weight is 294 g/mol. The minimum Gasteiger partial charge on any atom is -0.493 e. The predicted molar refractivity (Wildman–Crippen MR) is 84.0 cm³/mol. The molecule has 0 unspecified atom stereocenters. The number of amides is 1. The summed E-state index contributed by atoms with van der Waals surface area (Å²) < 4.78 is 10.5. The predicted octanol–water partition coefficient (Wildman–Crippen LogP) is 1.75. The lowest BCUT2D eigenvalue weighted by atomic mass is 10.1.